The van der Waals surface area contributed by atoms with E-state index in [9.17, 15) is 9.59 Å². The van der Waals surface area contributed by atoms with Gasteiger partial charge in [-0.3, -0.25) is 9.59 Å². The van der Waals surface area contributed by atoms with Crippen LogP contribution in [0, 0.1) is 5.92 Å². The summed E-state index contributed by atoms with van der Waals surface area (Å²) in [6.07, 6.45) is 1.66. The first-order valence-corrected chi connectivity index (χ1v) is 5.42. The van der Waals surface area contributed by atoms with Crippen molar-refractivity contribution in [1.82, 2.24) is 4.90 Å². The lowest BCUT2D eigenvalue weighted by atomic mass is 9.95. The predicted molar refractivity (Wildman–Crippen MR) is 56.2 cm³/mol. The summed E-state index contributed by atoms with van der Waals surface area (Å²) in [4.78, 5) is 24.2. The van der Waals surface area contributed by atoms with Crippen molar-refractivity contribution in [2.75, 3.05) is 13.6 Å². The molecule has 1 heterocycles. The van der Waals surface area contributed by atoms with E-state index in [2.05, 4.69) is 23.5 Å². The molecule has 1 aliphatic heterocycles. The highest BCUT2D eigenvalue weighted by Gasteiger charge is 2.26. The molecule has 0 atom stereocenters. The summed E-state index contributed by atoms with van der Waals surface area (Å²) in [6.45, 7) is 5.17. The smallest absolute Gasteiger partial charge is 0.313 e. The molecule has 1 fully saturated rings. The third-order valence-electron chi connectivity index (χ3n) is 2.91. The number of carbonyl (C=O) groups excluding carboxylic acids is 2. The summed E-state index contributed by atoms with van der Waals surface area (Å²) in [5, 5.41) is 0. The average molecular weight is 213 g/mol. The van der Waals surface area contributed by atoms with Crippen LogP contribution in [-0.2, 0) is 14.3 Å². The lowest BCUT2D eigenvalue weighted by molar-refractivity contribution is -0.165. The maximum atomic E-state index is 11.0. The zero-order valence-corrected chi connectivity index (χ0v) is 9.66. The fraction of sp³-hybridized carbons (Fsp3) is 0.818. The van der Waals surface area contributed by atoms with E-state index in [1.807, 2.05) is 7.05 Å². The summed E-state index contributed by atoms with van der Waals surface area (Å²) in [7, 11) is 2.05. The summed E-state index contributed by atoms with van der Waals surface area (Å²) in [5.74, 6) is -0.577. The summed E-state index contributed by atoms with van der Waals surface area (Å²) < 4.78 is 4.48. The van der Waals surface area contributed by atoms with Gasteiger partial charge < -0.3 is 9.64 Å². The molecule has 15 heavy (non-hydrogen) atoms. The molecule has 4 nitrogen and oxygen atoms in total. The van der Waals surface area contributed by atoms with E-state index >= 15 is 0 Å². The number of hydrogen-bond acceptors (Lipinski definition) is 4. The molecule has 0 N–H and O–H groups in total. The molecule has 0 bridgehead atoms. The normalized spacial score (nSPS) is 18.7. The van der Waals surface area contributed by atoms with Gasteiger partial charge in [-0.05, 0) is 39.8 Å². The van der Waals surface area contributed by atoms with Crippen molar-refractivity contribution in [3.63, 3.8) is 0 Å². The van der Waals surface area contributed by atoms with Gasteiger partial charge in [0.25, 0.3) is 0 Å². The van der Waals surface area contributed by atoms with Gasteiger partial charge in [-0.25, -0.2) is 0 Å². The van der Waals surface area contributed by atoms with Crippen molar-refractivity contribution in [2.45, 2.75) is 39.2 Å². The molecule has 0 aromatic heterocycles. The van der Waals surface area contributed by atoms with Crippen LogP contribution in [0.4, 0.5) is 0 Å². The van der Waals surface area contributed by atoms with E-state index in [1.54, 1.807) is 0 Å². The van der Waals surface area contributed by atoms with E-state index in [4.69, 9.17) is 0 Å². The molecule has 1 saturated heterocycles. The lowest BCUT2D eigenvalue weighted by Gasteiger charge is -2.25. The second-order valence-electron chi connectivity index (χ2n) is 4.48. The maximum Gasteiger partial charge on any atom is 0.313 e. The number of rotatable bonds is 4. The van der Waals surface area contributed by atoms with Gasteiger partial charge in [-0.2, -0.15) is 0 Å². The van der Waals surface area contributed by atoms with E-state index in [-0.39, 0.29) is 17.9 Å². The highest BCUT2D eigenvalue weighted by molar-refractivity contribution is 5.88. The van der Waals surface area contributed by atoms with Crippen LogP contribution >= 0.6 is 0 Å². The van der Waals surface area contributed by atoms with Crippen molar-refractivity contribution in [3.05, 3.63) is 0 Å². The van der Waals surface area contributed by atoms with Gasteiger partial charge in [0.1, 0.15) is 0 Å². The number of ether oxygens (including phenoxy) is 1. The van der Waals surface area contributed by atoms with Crippen LogP contribution in [0.1, 0.15) is 33.1 Å². The zero-order valence-electron chi connectivity index (χ0n) is 9.66. The molecule has 0 spiro atoms. The van der Waals surface area contributed by atoms with Crippen molar-refractivity contribution in [3.8, 4) is 0 Å². The maximum absolute atomic E-state index is 11.0. The second-order valence-corrected chi connectivity index (χ2v) is 4.48. The number of cyclic esters (lactones) is 2. The van der Waals surface area contributed by atoms with E-state index in [0.29, 0.717) is 18.9 Å². The number of nitrogens with zero attached hydrogens (tertiary/aromatic N) is 1. The van der Waals surface area contributed by atoms with Crippen molar-refractivity contribution in [1.29, 1.82) is 0 Å². The van der Waals surface area contributed by atoms with E-state index in [1.165, 1.54) is 0 Å². The molecule has 0 radical (unpaired) electrons. The molecule has 0 unspecified atom stereocenters. The van der Waals surface area contributed by atoms with Gasteiger partial charge in [0.2, 0.25) is 0 Å². The van der Waals surface area contributed by atoms with Gasteiger partial charge in [0.05, 0.1) is 0 Å². The quantitative estimate of drug-likeness (QED) is 0.520. The lowest BCUT2D eigenvalue weighted by Crippen LogP contribution is -2.31. The number of hydrogen-bond donors (Lipinski definition) is 0. The molecule has 4 heteroatoms. The highest BCUT2D eigenvalue weighted by atomic mass is 16.6. The molecular formula is C11H19NO3. The monoisotopic (exact) mass is 213 g/mol. The van der Waals surface area contributed by atoms with Crippen LogP contribution in [0.25, 0.3) is 0 Å². The Morgan fingerprint density at radius 2 is 1.87 bits per heavy atom. The third kappa shape index (κ3) is 4.00. The van der Waals surface area contributed by atoms with Crippen LogP contribution in [0.15, 0.2) is 0 Å². The fourth-order valence-corrected chi connectivity index (χ4v) is 1.60. The molecule has 0 aromatic carbocycles. The van der Waals surface area contributed by atoms with Crippen LogP contribution in [0.3, 0.4) is 0 Å². The molecule has 0 saturated carbocycles. The number of carbonyl (C=O) groups is 2. The minimum Gasteiger partial charge on any atom is -0.393 e. The third-order valence-corrected chi connectivity index (χ3v) is 2.91. The van der Waals surface area contributed by atoms with Crippen molar-refractivity contribution in [2.24, 2.45) is 5.92 Å². The summed E-state index contributed by atoms with van der Waals surface area (Å²) in [5.41, 5.74) is 0. The Kier molecular flexibility index (Phi) is 4.27. The summed E-state index contributed by atoms with van der Waals surface area (Å²) in [6, 6.07) is 0.497. The predicted octanol–water partition coefficient (Wildman–Crippen LogP) is 1.20. The van der Waals surface area contributed by atoms with Crippen LogP contribution in [-0.4, -0.2) is 36.5 Å². The Morgan fingerprint density at radius 3 is 2.33 bits per heavy atom. The zero-order chi connectivity index (χ0) is 11.4. The first kappa shape index (κ1) is 12.2. The Bertz CT molecular complexity index is 234. The largest absolute Gasteiger partial charge is 0.393 e. The summed E-state index contributed by atoms with van der Waals surface area (Å²) >= 11 is 0. The van der Waals surface area contributed by atoms with Crippen LogP contribution < -0.4 is 0 Å². The first-order valence-electron chi connectivity index (χ1n) is 5.42. The molecule has 86 valence electrons. The Labute approximate surface area is 90.6 Å². The Balaban J connectivity index is 2.32. The number of esters is 2. The van der Waals surface area contributed by atoms with Gasteiger partial charge in [-0.1, -0.05) is 0 Å². The van der Waals surface area contributed by atoms with Crippen LogP contribution in [0.5, 0.6) is 0 Å². The highest BCUT2D eigenvalue weighted by Crippen LogP contribution is 2.20. The fourth-order valence-electron chi connectivity index (χ4n) is 1.60. The average Bonchev–Trinajstić information content (AvgIpc) is 2.12. The molecule has 0 aromatic rings. The molecule has 1 aliphatic rings. The molecular weight excluding hydrogens is 194 g/mol. The van der Waals surface area contributed by atoms with Gasteiger partial charge >= 0.3 is 11.9 Å². The van der Waals surface area contributed by atoms with Gasteiger partial charge in [-0.15, -0.1) is 0 Å². The minimum atomic E-state index is -0.372. The Morgan fingerprint density at radius 1 is 1.33 bits per heavy atom. The first-order chi connectivity index (χ1) is 6.99. The standard InChI is InChI=1S/C11H19NO3/c1-8(2)12(3)5-4-9-6-10(13)15-11(14)7-9/h8-9H,4-7H2,1-3H3. The minimum absolute atomic E-state index is 0.167. The van der Waals surface area contributed by atoms with E-state index in [0.717, 1.165) is 13.0 Å². The van der Waals surface area contributed by atoms with Crippen molar-refractivity contribution >= 4 is 11.9 Å². The van der Waals surface area contributed by atoms with Crippen LogP contribution in [0.2, 0.25) is 0 Å². The second kappa shape index (κ2) is 5.26. The Hall–Kier alpha value is -0.900. The van der Waals surface area contributed by atoms with Crippen molar-refractivity contribution < 1.29 is 14.3 Å². The SMILES string of the molecule is CC(C)N(C)CCC1CC(=O)OC(=O)C1. The topological polar surface area (TPSA) is 46.6 Å². The molecule has 1 rings (SSSR count). The van der Waals surface area contributed by atoms with Gasteiger partial charge in [0, 0.05) is 18.9 Å². The molecule has 0 amide bonds. The van der Waals surface area contributed by atoms with Gasteiger partial charge in [0.15, 0.2) is 0 Å². The molecule has 0 aliphatic carbocycles. The van der Waals surface area contributed by atoms with E-state index < -0.39 is 0 Å².